The molecule has 0 N–H and O–H groups in total. The van der Waals surface area contributed by atoms with Gasteiger partial charge in [0.25, 0.3) is 11.8 Å². The van der Waals surface area contributed by atoms with E-state index >= 15 is 0 Å². The molecule has 1 saturated heterocycles. The Bertz CT molecular complexity index is 1160. The molecule has 170 valence electrons. The van der Waals surface area contributed by atoms with E-state index in [4.69, 9.17) is 9.26 Å². The summed E-state index contributed by atoms with van der Waals surface area (Å²) in [5.41, 5.74) is 0.659. The van der Waals surface area contributed by atoms with E-state index in [0.717, 1.165) is 38.5 Å². The van der Waals surface area contributed by atoms with E-state index in [-0.39, 0.29) is 35.7 Å². The number of hydrogen-bond acceptors (Lipinski definition) is 8. The summed E-state index contributed by atoms with van der Waals surface area (Å²) in [7, 11) is 0. The van der Waals surface area contributed by atoms with Crippen LogP contribution >= 0.6 is 0 Å². The van der Waals surface area contributed by atoms with Crippen LogP contribution < -0.4 is 9.80 Å². The zero-order valence-corrected chi connectivity index (χ0v) is 18.0. The van der Waals surface area contributed by atoms with Crippen molar-refractivity contribution in [3.05, 3.63) is 35.2 Å². The van der Waals surface area contributed by atoms with Gasteiger partial charge in [0.2, 0.25) is 0 Å². The summed E-state index contributed by atoms with van der Waals surface area (Å²) >= 11 is 0. The van der Waals surface area contributed by atoms with Crippen molar-refractivity contribution >= 4 is 23.6 Å². The minimum absolute atomic E-state index is 0.157. The molecule has 1 amide bonds. The fraction of sp³-hybridized carbons (Fsp3) is 0.522. The zero-order chi connectivity index (χ0) is 22.5. The van der Waals surface area contributed by atoms with Crippen LogP contribution in [0.5, 0.6) is 0 Å². The van der Waals surface area contributed by atoms with Crippen LogP contribution in [0, 0.1) is 17.1 Å². The number of ether oxygens (including phenoxy) is 1. The summed E-state index contributed by atoms with van der Waals surface area (Å²) in [4.78, 5) is 26.1. The predicted molar refractivity (Wildman–Crippen MR) is 115 cm³/mol. The van der Waals surface area contributed by atoms with Crippen LogP contribution in [0.4, 0.5) is 15.8 Å². The molecule has 3 unspecified atom stereocenters. The van der Waals surface area contributed by atoms with Gasteiger partial charge in [-0.05, 0) is 37.8 Å². The molecule has 0 radical (unpaired) electrons. The topological polar surface area (TPSA) is 108 Å². The third-order valence-electron chi connectivity index (χ3n) is 7.08. The highest BCUT2D eigenvalue weighted by atomic mass is 19.1. The van der Waals surface area contributed by atoms with Crippen LogP contribution in [0.25, 0.3) is 0 Å². The van der Waals surface area contributed by atoms with Crippen molar-refractivity contribution in [2.45, 2.75) is 62.6 Å². The third kappa shape index (κ3) is 3.22. The Hall–Kier alpha value is -3.32. The van der Waals surface area contributed by atoms with Gasteiger partial charge in [-0.15, -0.1) is 0 Å². The summed E-state index contributed by atoms with van der Waals surface area (Å²) in [5, 5.41) is 13.8. The summed E-state index contributed by atoms with van der Waals surface area (Å²) in [6.07, 6.45) is 7.46. The van der Waals surface area contributed by atoms with Crippen LogP contribution in [0.1, 0.15) is 67.8 Å². The van der Waals surface area contributed by atoms with Gasteiger partial charge in [0.1, 0.15) is 23.5 Å². The average Bonchev–Trinajstić information content (AvgIpc) is 3.62. The molecule has 2 fully saturated rings. The first-order chi connectivity index (χ1) is 16.2. The zero-order valence-electron chi connectivity index (χ0n) is 18.0. The smallest absolute Gasteiger partial charge is 0.254 e. The van der Waals surface area contributed by atoms with Crippen molar-refractivity contribution in [2.75, 3.05) is 23.0 Å². The van der Waals surface area contributed by atoms with Gasteiger partial charge in [-0.2, -0.15) is 10.2 Å². The minimum atomic E-state index is -0.743. The van der Waals surface area contributed by atoms with Gasteiger partial charge >= 0.3 is 0 Å². The van der Waals surface area contributed by atoms with Crippen molar-refractivity contribution in [3.8, 4) is 6.07 Å². The number of nitrogens with zero attached hydrogens (tertiary/aromatic N) is 6. The Balaban J connectivity index is 1.39. The van der Waals surface area contributed by atoms with Crippen molar-refractivity contribution in [1.29, 1.82) is 5.26 Å². The Morgan fingerprint density at radius 3 is 2.82 bits per heavy atom. The van der Waals surface area contributed by atoms with E-state index in [1.54, 1.807) is 17.3 Å². The molecule has 0 bridgehead atoms. The highest BCUT2D eigenvalue weighted by molar-refractivity contribution is 6.13. The number of anilines is 2. The van der Waals surface area contributed by atoms with Crippen LogP contribution in [-0.4, -0.2) is 47.7 Å². The van der Waals surface area contributed by atoms with Crippen LogP contribution in [0.3, 0.4) is 0 Å². The minimum Gasteiger partial charge on any atom is -0.376 e. The molecule has 3 aliphatic heterocycles. The first kappa shape index (κ1) is 20.3. The van der Waals surface area contributed by atoms with Crippen molar-refractivity contribution in [1.82, 2.24) is 10.1 Å². The number of benzene rings is 1. The molecule has 0 spiro atoms. The molecule has 4 aliphatic rings. The maximum Gasteiger partial charge on any atom is 0.254 e. The van der Waals surface area contributed by atoms with E-state index in [0.29, 0.717) is 24.0 Å². The van der Waals surface area contributed by atoms with Gasteiger partial charge in [0.15, 0.2) is 11.9 Å². The highest BCUT2D eigenvalue weighted by Crippen LogP contribution is 2.45. The predicted octanol–water partition coefficient (Wildman–Crippen LogP) is 3.22. The van der Waals surface area contributed by atoms with E-state index in [1.807, 2.05) is 6.07 Å². The molecule has 6 rings (SSSR count). The molecule has 1 aromatic carbocycles. The lowest BCUT2D eigenvalue weighted by Gasteiger charge is -2.40. The normalized spacial score (nSPS) is 26.7. The maximum absolute atomic E-state index is 14.6. The van der Waals surface area contributed by atoms with Crippen molar-refractivity contribution < 1.29 is 18.4 Å². The Morgan fingerprint density at radius 2 is 2.06 bits per heavy atom. The molecule has 4 heterocycles. The van der Waals surface area contributed by atoms with E-state index in [1.165, 1.54) is 11.0 Å². The summed E-state index contributed by atoms with van der Waals surface area (Å²) in [6.45, 7) is 0.874. The number of amides is 1. The molecule has 33 heavy (non-hydrogen) atoms. The van der Waals surface area contributed by atoms with Gasteiger partial charge in [-0.1, -0.05) is 18.0 Å². The SMILES string of the molecule is N#Cc1c(F)ccc2c1N(CC1CCCO1)C(=O)C1C(c3nc(C4CCCC4)no3)N=CN21. The number of carbonyl (C=O) groups is 1. The monoisotopic (exact) mass is 450 g/mol. The van der Waals surface area contributed by atoms with Crippen LogP contribution in [0.2, 0.25) is 0 Å². The summed E-state index contributed by atoms with van der Waals surface area (Å²) < 4.78 is 25.9. The Kier molecular flexibility index (Phi) is 4.87. The number of aromatic nitrogens is 2. The molecule has 3 atom stereocenters. The molecule has 2 aromatic rings. The Labute approximate surface area is 189 Å². The number of halogens is 1. The fourth-order valence-electron chi connectivity index (χ4n) is 5.42. The van der Waals surface area contributed by atoms with Gasteiger partial charge < -0.3 is 19.1 Å². The fourth-order valence-corrected chi connectivity index (χ4v) is 5.42. The van der Waals surface area contributed by atoms with E-state index in [2.05, 4.69) is 15.1 Å². The quantitative estimate of drug-likeness (QED) is 0.704. The van der Waals surface area contributed by atoms with Crippen LogP contribution in [-0.2, 0) is 9.53 Å². The molecular weight excluding hydrogens is 427 g/mol. The number of aliphatic imine (C=N–C) groups is 1. The lowest BCUT2D eigenvalue weighted by Crippen LogP contribution is -2.55. The van der Waals surface area contributed by atoms with Gasteiger partial charge in [-0.3, -0.25) is 9.79 Å². The number of hydrogen-bond donors (Lipinski definition) is 0. The Morgan fingerprint density at radius 1 is 1.21 bits per heavy atom. The molecule has 9 nitrogen and oxygen atoms in total. The van der Waals surface area contributed by atoms with E-state index in [9.17, 15) is 14.4 Å². The van der Waals surface area contributed by atoms with E-state index < -0.39 is 17.9 Å². The molecular formula is C23H23FN6O3. The standard InChI is InChI=1S/C23H23FN6O3/c24-16-7-8-17-19(15(16)10-25)29(11-14-6-3-9-32-14)23(31)20-18(26-12-30(17)20)22-27-21(28-33-22)13-4-1-2-5-13/h7-8,12-14,18,20H,1-6,9,11H2. The van der Waals surface area contributed by atoms with Gasteiger partial charge in [0.05, 0.1) is 30.4 Å². The molecule has 1 saturated carbocycles. The first-order valence-corrected chi connectivity index (χ1v) is 11.5. The van der Waals surface area contributed by atoms with Crippen molar-refractivity contribution in [2.24, 2.45) is 4.99 Å². The molecule has 1 aromatic heterocycles. The van der Waals surface area contributed by atoms with Crippen molar-refractivity contribution in [3.63, 3.8) is 0 Å². The third-order valence-corrected chi connectivity index (χ3v) is 7.08. The van der Waals surface area contributed by atoms with Gasteiger partial charge in [-0.25, -0.2) is 4.39 Å². The highest BCUT2D eigenvalue weighted by Gasteiger charge is 2.49. The summed E-state index contributed by atoms with van der Waals surface area (Å²) in [6, 6.07) is 3.35. The maximum atomic E-state index is 14.6. The van der Waals surface area contributed by atoms with Gasteiger partial charge in [0, 0.05) is 12.5 Å². The number of nitriles is 1. The number of carbonyl (C=O) groups excluding carboxylic acids is 1. The number of rotatable bonds is 4. The second kappa shape index (κ2) is 7.92. The lowest BCUT2D eigenvalue weighted by atomic mass is 9.98. The first-order valence-electron chi connectivity index (χ1n) is 11.5. The second-order valence-electron chi connectivity index (χ2n) is 9.02. The largest absolute Gasteiger partial charge is 0.376 e. The molecule has 10 heteroatoms. The second-order valence-corrected chi connectivity index (χ2v) is 9.02. The lowest BCUT2D eigenvalue weighted by molar-refractivity contribution is -0.120. The number of fused-ring (bicyclic) bond motifs is 3. The molecule has 1 aliphatic carbocycles. The summed E-state index contributed by atoms with van der Waals surface area (Å²) in [5.74, 6) is 0.305. The van der Waals surface area contributed by atoms with Crippen LogP contribution in [0.15, 0.2) is 21.6 Å². The average molecular weight is 450 g/mol.